The van der Waals surface area contributed by atoms with E-state index in [1.807, 2.05) is 31.3 Å². The van der Waals surface area contributed by atoms with Gasteiger partial charge in [-0.05, 0) is 18.2 Å². The molecule has 0 aliphatic heterocycles. The lowest BCUT2D eigenvalue weighted by Crippen LogP contribution is -3.08. The van der Waals surface area contributed by atoms with E-state index in [2.05, 4.69) is 5.32 Å². The van der Waals surface area contributed by atoms with Crippen LogP contribution in [0.25, 0.3) is 0 Å². The van der Waals surface area contributed by atoms with E-state index in [1.54, 1.807) is 32.4 Å². The number of ether oxygens (including phenoxy) is 2. The maximum absolute atomic E-state index is 12.2. The Hall–Kier alpha value is -2.24. The smallest absolute Gasteiger partial charge is 0.279 e. The van der Waals surface area contributed by atoms with Crippen molar-refractivity contribution in [3.8, 4) is 11.5 Å². The molecule has 0 bridgehead atoms. The molecule has 1 amide bonds. The SMILES string of the molecule is COc1ccc(NC(=O)C[NH+](C)Cc2ccccc2Cl)cc1OC. The van der Waals surface area contributed by atoms with Gasteiger partial charge in [0, 0.05) is 22.3 Å². The molecule has 6 heteroatoms. The van der Waals surface area contributed by atoms with Crippen LogP contribution in [0, 0.1) is 0 Å². The molecule has 0 aromatic heterocycles. The molecule has 0 aliphatic carbocycles. The molecule has 1 atom stereocenters. The molecule has 5 nitrogen and oxygen atoms in total. The van der Waals surface area contributed by atoms with Crippen molar-refractivity contribution < 1.29 is 19.2 Å². The fraction of sp³-hybridized carbons (Fsp3) is 0.278. The fourth-order valence-corrected chi connectivity index (χ4v) is 2.63. The number of hydrogen-bond donors (Lipinski definition) is 2. The number of benzene rings is 2. The third kappa shape index (κ3) is 4.88. The van der Waals surface area contributed by atoms with Crippen LogP contribution in [-0.2, 0) is 11.3 Å². The molecule has 1 unspecified atom stereocenters. The van der Waals surface area contributed by atoms with Crippen molar-refractivity contribution in [1.29, 1.82) is 0 Å². The summed E-state index contributed by atoms with van der Waals surface area (Å²) in [6, 6.07) is 12.9. The number of quaternary nitrogens is 1. The van der Waals surface area contributed by atoms with Crippen molar-refractivity contribution in [2.24, 2.45) is 0 Å². The summed E-state index contributed by atoms with van der Waals surface area (Å²) in [6.07, 6.45) is 0. The van der Waals surface area contributed by atoms with Gasteiger partial charge < -0.3 is 19.7 Å². The van der Waals surface area contributed by atoms with Crippen LogP contribution in [0.2, 0.25) is 5.02 Å². The first-order valence-electron chi connectivity index (χ1n) is 7.60. The Morgan fingerprint density at radius 3 is 2.50 bits per heavy atom. The molecule has 128 valence electrons. The second-order valence-electron chi connectivity index (χ2n) is 5.52. The second kappa shape index (κ2) is 8.57. The summed E-state index contributed by atoms with van der Waals surface area (Å²) in [5.74, 6) is 1.12. The molecular formula is C18H22ClN2O3+. The Bertz CT molecular complexity index is 706. The molecule has 2 rings (SSSR count). The maximum Gasteiger partial charge on any atom is 0.279 e. The van der Waals surface area contributed by atoms with Crippen LogP contribution in [-0.4, -0.2) is 33.7 Å². The van der Waals surface area contributed by atoms with Gasteiger partial charge in [-0.3, -0.25) is 4.79 Å². The van der Waals surface area contributed by atoms with Gasteiger partial charge >= 0.3 is 0 Å². The second-order valence-corrected chi connectivity index (χ2v) is 5.93. The number of nitrogens with one attached hydrogen (secondary N) is 2. The Balaban J connectivity index is 1.94. The number of rotatable bonds is 7. The number of carbonyl (C=O) groups is 1. The van der Waals surface area contributed by atoms with Crippen molar-refractivity contribution in [1.82, 2.24) is 0 Å². The summed E-state index contributed by atoms with van der Waals surface area (Å²) in [4.78, 5) is 13.3. The Morgan fingerprint density at radius 1 is 1.12 bits per heavy atom. The number of methoxy groups -OCH3 is 2. The number of likely N-dealkylation sites (N-methyl/N-ethyl adjacent to an activating group) is 1. The highest BCUT2D eigenvalue weighted by Gasteiger charge is 2.13. The first-order valence-corrected chi connectivity index (χ1v) is 7.98. The fourth-order valence-electron chi connectivity index (χ4n) is 2.42. The molecule has 0 heterocycles. The summed E-state index contributed by atoms with van der Waals surface area (Å²) >= 11 is 6.16. The number of hydrogen-bond acceptors (Lipinski definition) is 3. The van der Waals surface area contributed by atoms with Crippen LogP contribution in [0.1, 0.15) is 5.56 Å². The van der Waals surface area contributed by atoms with Crippen LogP contribution in [0.3, 0.4) is 0 Å². The van der Waals surface area contributed by atoms with Crippen LogP contribution in [0.5, 0.6) is 11.5 Å². The third-order valence-electron chi connectivity index (χ3n) is 3.58. The molecule has 0 radical (unpaired) electrons. The molecule has 0 saturated carbocycles. The summed E-state index contributed by atoms with van der Waals surface area (Å²) in [6.45, 7) is 1.01. The van der Waals surface area contributed by atoms with E-state index >= 15 is 0 Å². The summed E-state index contributed by atoms with van der Waals surface area (Å²) in [5.41, 5.74) is 1.69. The molecule has 2 aromatic carbocycles. The topological polar surface area (TPSA) is 52.0 Å². The lowest BCUT2D eigenvalue weighted by atomic mass is 10.2. The highest BCUT2D eigenvalue weighted by atomic mass is 35.5. The first kappa shape index (κ1) is 18.1. The van der Waals surface area contributed by atoms with Gasteiger partial charge in [0.05, 0.1) is 21.3 Å². The van der Waals surface area contributed by atoms with Gasteiger partial charge in [-0.1, -0.05) is 29.8 Å². The lowest BCUT2D eigenvalue weighted by Gasteiger charge is -2.15. The van der Waals surface area contributed by atoms with Crippen molar-refractivity contribution in [3.63, 3.8) is 0 Å². The molecule has 2 N–H and O–H groups in total. The van der Waals surface area contributed by atoms with Gasteiger partial charge in [-0.25, -0.2) is 0 Å². The van der Waals surface area contributed by atoms with Gasteiger partial charge in [0.1, 0.15) is 6.54 Å². The lowest BCUT2D eigenvalue weighted by molar-refractivity contribution is -0.885. The van der Waals surface area contributed by atoms with Crippen molar-refractivity contribution in [2.75, 3.05) is 33.1 Å². The van der Waals surface area contributed by atoms with E-state index in [0.717, 1.165) is 15.5 Å². The minimum absolute atomic E-state index is 0.0771. The number of halogens is 1. The van der Waals surface area contributed by atoms with E-state index in [9.17, 15) is 4.79 Å². The van der Waals surface area contributed by atoms with Gasteiger partial charge in [0.2, 0.25) is 0 Å². The third-order valence-corrected chi connectivity index (χ3v) is 3.95. The van der Waals surface area contributed by atoms with Crippen molar-refractivity contribution in [3.05, 3.63) is 53.1 Å². The average molecular weight is 350 g/mol. The maximum atomic E-state index is 12.2. The van der Waals surface area contributed by atoms with Crippen LogP contribution >= 0.6 is 11.6 Å². The predicted octanol–water partition coefficient (Wildman–Crippen LogP) is 2.01. The van der Waals surface area contributed by atoms with E-state index in [4.69, 9.17) is 21.1 Å². The van der Waals surface area contributed by atoms with Gasteiger partial charge in [-0.2, -0.15) is 0 Å². The summed E-state index contributed by atoms with van der Waals surface area (Å²) in [7, 11) is 5.09. The largest absolute Gasteiger partial charge is 0.493 e. The minimum atomic E-state index is -0.0771. The monoisotopic (exact) mass is 349 g/mol. The van der Waals surface area contributed by atoms with Crippen LogP contribution in [0.15, 0.2) is 42.5 Å². The predicted molar refractivity (Wildman–Crippen MR) is 95.1 cm³/mol. The Labute approximate surface area is 147 Å². The molecular weight excluding hydrogens is 328 g/mol. The molecule has 2 aromatic rings. The van der Waals surface area contributed by atoms with E-state index in [0.29, 0.717) is 30.3 Å². The Morgan fingerprint density at radius 2 is 1.83 bits per heavy atom. The van der Waals surface area contributed by atoms with E-state index < -0.39 is 0 Å². The molecule has 0 fully saturated rings. The zero-order valence-corrected chi connectivity index (χ0v) is 14.8. The highest BCUT2D eigenvalue weighted by Crippen LogP contribution is 2.29. The van der Waals surface area contributed by atoms with E-state index in [-0.39, 0.29) is 5.91 Å². The van der Waals surface area contributed by atoms with Gasteiger partial charge in [0.25, 0.3) is 5.91 Å². The first-order chi connectivity index (χ1) is 11.5. The molecule has 0 spiro atoms. The van der Waals surface area contributed by atoms with Crippen molar-refractivity contribution >= 4 is 23.2 Å². The summed E-state index contributed by atoms with van der Waals surface area (Å²) < 4.78 is 10.4. The van der Waals surface area contributed by atoms with Crippen LogP contribution < -0.4 is 19.7 Å². The average Bonchev–Trinajstić information content (AvgIpc) is 2.56. The minimum Gasteiger partial charge on any atom is -0.493 e. The zero-order valence-electron chi connectivity index (χ0n) is 14.1. The number of anilines is 1. The zero-order chi connectivity index (χ0) is 17.5. The Kier molecular flexibility index (Phi) is 6.46. The standard InChI is InChI=1S/C18H21ClN2O3/c1-21(11-13-6-4-5-7-15(13)19)12-18(22)20-14-8-9-16(23-2)17(10-14)24-3/h4-10H,11-12H2,1-3H3,(H,20,22)/p+1. The quantitative estimate of drug-likeness (QED) is 0.804. The molecule has 0 aliphatic rings. The van der Waals surface area contributed by atoms with E-state index in [1.165, 1.54) is 0 Å². The molecule has 0 saturated heterocycles. The normalized spacial score (nSPS) is 11.7. The van der Waals surface area contributed by atoms with Gasteiger partial charge in [0.15, 0.2) is 18.0 Å². The highest BCUT2D eigenvalue weighted by molar-refractivity contribution is 6.31. The molecule has 24 heavy (non-hydrogen) atoms. The van der Waals surface area contributed by atoms with Crippen molar-refractivity contribution in [2.45, 2.75) is 6.54 Å². The van der Waals surface area contributed by atoms with Gasteiger partial charge in [-0.15, -0.1) is 0 Å². The summed E-state index contributed by atoms with van der Waals surface area (Å²) in [5, 5.41) is 3.59. The number of amides is 1. The van der Waals surface area contributed by atoms with Crippen LogP contribution in [0.4, 0.5) is 5.69 Å². The number of carbonyl (C=O) groups excluding carboxylic acids is 1.